The van der Waals surface area contributed by atoms with Crippen molar-refractivity contribution in [1.82, 2.24) is 0 Å². The zero-order valence-electron chi connectivity index (χ0n) is 14.1. The number of nitrogens with one attached hydrogen (secondary N) is 1. The topological polar surface area (TPSA) is 52.2 Å². The number of carbonyl (C=O) groups is 1. The molecule has 0 aromatic heterocycles. The molecular formula is C18H22NNaO2Si. The summed E-state index contributed by atoms with van der Waals surface area (Å²) in [6.07, 6.45) is 1.11. The predicted octanol–water partition coefficient (Wildman–Crippen LogP) is -0.528. The molecule has 2 rings (SSSR count). The predicted molar refractivity (Wildman–Crippen MR) is 92.2 cm³/mol. The van der Waals surface area contributed by atoms with Gasteiger partial charge in [0.25, 0.3) is 0 Å². The molecule has 0 spiro atoms. The van der Waals surface area contributed by atoms with Crippen LogP contribution in [-0.4, -0.2) is 20.6 Å². The molecule has 2 aromatic carbocycles. The normalized spacial score (nSPS) is 10.7. The van der Waals surface area contributed by atoms with E-state index in [4.69, 9.17) is 0 Å². The van der Waals surface area contributed by atoms with Crippen molar-refractivity contribution >= 4 is 24.9 Å². The van der Waals surface area contributed by atoms with Gasteiger partial charge < -0.3 is 15.2 Å². The first kappa shape index (κ1) is 20.0. The van der Waals surface area contributed by atoms with Gasteiger partial charge in [-0.25, -0.2) is 0 Å². The van der Waals surface area contributed by atoms with Gasteiger partial charge in [0.2, 0.25) is 0 Å². The van der Waals surface area contributed by atoms with E-state index in [2.05, 4.69) is 48.7 Å². The van der Waals surface area contributed by atoms with Crippen LogP contribution in [0.25, 0.3) is 0 Å². The van der Waals surface area contributed by atoms with Crippen molar-refractivity contribution in [2.45, 2.75) is 25.6 Å². The fraction of sp³-hybridized carbons (Fsp3) is 0.278. The molecule has 0 radical (unpaired) electrons. The molecule has 116 valence electrons. The average Bonchev–Trinajstić information content (AvgIpc) is 2.53. The zero-order chi connectivity index (χ0) is 16.0. The van der Waals surface area contributed by atoms with E-state index in [1.807, 2.05) is 0 Å². The monoisotopic (exact) mass is 335 g/mol. The van der Waals surface area contributed by atoms with Gasteiger partial charge in [-0.1, -0.05) is 66.8 Å². The van der Waals surface area contributed by atoms with Crippen molar-refractivity contribution in [3.05, 3.63) is 60.2 Å². The van der Waals surface area contributed by atoms with Gasteiger partial charge in [0.15, 0.2) is 0 Å². The van der Waals surface area contributed by atoms with Gasteiger partial charge in [-0.05, 0) is 24.1 Å². The first-order valence-electron chi connectivity index (χ1n) is 7.60. The molecule has 0 heterocycles. The summed E-state index contributed by atoms with van der Waals surface area (Å²) in [5, 5.41) is 15.5. The van der Waals surface area contributed by atoms with Crippen LogP contribution in [-0.2, 0) is 0 Å². The molecule has 2 aromatic rings. The van der Waals surface area contributed by atoms with Gasteiger partial charge in [0, 0.05) is 12.2 Å². The Balaban J connectivity index is 0.00000264. The van der Waals surface area contributed by atoms with E-state index in [0.29, 0.717) is 0 Å². The second kappa shape index (κ2) is 9.28. The molecule has 0 amide bonds. The largest absolute Gasteiger partial charge is 1.00 e. The Kier molecular flexibility index (Phi) is 8.06. The fourth-order valence-electron chi connectivity index (χ4n) is 2.52. The van der Waals surface area contributed by atoms with E-state index in [1.54, 1.807) is 24.3 Å². The van der Waals surface area contributed by atoms with E-state index in [-0.39, 0.29) is 35.1 Å². The number of rotatable bonds is 7. The summed E-state index contributed by atoms with van der Waals surface area (Å²) in [5.41, 5.74) is 1.16. The summed E-state index contributed by atoms with van der Waals surface area (Å²) in [7, 11) is -1.37. The minimum atomic E-state index is -1.37. The van der Waals surface area contributed by atoms with Gasteiger partial charge in [0.1, 0.15) is 0 Å². The molecule has 0 aliphatic carbocycles. The molecule has 5 heteroatoms. The summed E-state index contributed by atoms with van der Waals surface area (Å²) in [6.45, 7) is 5.70. The summed E-state index contributed by atoms with van der Waals surface area (Å²) in [5.74, 6) is -1.14. The van der Waals surface area contributed by atoms with Gasteiger partial charge in [0.05, 0.1) is 14.0 Å². The molecule has 0 atom stereocenters. The van der Waals surface area contributed by atoms with Crippen molar-refractivity contribution in [3.63, 3.8) is 0 Å². The molecule has 0 saturated heterocycles. The zero-order valence-corrected chi connectivity index (χ0v) is 17.1. The second-order valence-electron chi connectivity index (χ2n) is 6.15. The summed E-state index contributed by atoms with van der Waals surface area (Å²) >= 11 is 0. The molecule has 23 heavy (non-hydrogen) atoms. The molecule has 0 bridgehead atoms. The number of benzene rings is 2. The van der Waals surface area contributed by atoms with Crippen LogP contribution >= 0.6 is 0 Å². The number of hydrogen-bond donors (Lipinski definition) is 1. The Morgan fingerprint density at radius 3 is 2.22 bits per heavy atom. The van der Waals surface area contributed by atoms with Crippen molar-refractivity contribution in [2.24, 2.45) is 0 Å². The number of carboxylic acids is 1. The first-order chi connectivity index (χ1) is 10.5. The van der Waals surface area contributed by atoms with Gasteiger partial charge in [-0.3, -0.25) is 0 Å². The molecular weight excluding hydrogens is 313 g/mol. The maximum absolute atomic E-state index is 10.7. The number of carbonyl (C=O) groups excluding carboxylic acids is 1. The average molecular weight is 335 g/mol. The van der Waals surface area contributed by atoms with Gasteiger partial charge in [-0.15, -0.1) is 0 Å². The Bertz CT molecular complexity index is 615. The Hall–Kier alpha value is -1.07. The van der Waals surface area contributed by atoms with E-state index < -0.39 is 14.0 Å². The minimum absolute atomic E-state index is 0. The quantitative estimate of drug-likeness (QED) is 0.547. The van der Waals surface area contributed by atoms with Crippen molar-refractivity contribution < 1.29 is 39.5 Å². The van der Waals surface area contributed by atoms with Gasteiger partial charge in [-0.2, -0.15) is 0 Å². The first-order valence-corrected chi connectivity index (χ1v) is 10.8. The summed E-state index contributed by atoms with van der Waals surface area (Å²) in [6, 6.07) is 18.7. The minimum Gasteiger partial charge on any atom is -0.545 e. The van der Waals surface area contributed by atoms with Gasteiger partial charge >= 0.3 is 29.6 Å². The smallest absolute Gasteiger partial charge is 0.545 e. The van der Waals surface area contributed by atoms with Crippen LogP contribution < -0.4 is 45.2 Å². The maximum Gasteiger partial charge on any atom is 1.00 e. The van der Waals surface area contributed by atoms with Crippen molar-refractivity contribution in [3.8, 4) is 0 Å². The third-order valence-electron chi connectivity index (χ3n) is 3.98. The van der Waals surface area contributed by atoms with Crippen LogP contribution in [0.15, 0.2) is 54.6 Å². The fourth-order valence-corrected chi connectivity index (χ4v) is 4.97. The van der Waals surface area contributed by atoms with Crippen LogP contribution in [0.1, 0.15) is 16.8 Å². The number of anilines is 1. The van der Waals surface area contributed by atoms with Crippen LogP contribution in [0.4, 0.5) is 5.69 Å². The van der Waals surface area contributed by atoms with E-state index >= 15 is 0 Å². The molecule has 1 N–H and O–H groups in total. The van der Waals surface area contributed by atoms with Crippen molar-refractivity contribution in [1.29, 1.82) is 0 Å². The van der Waals surface area contributed by atoms with E-state index in [1.165, 1.54) is 11.2 Å². The maximum atomic E-state index is 10.7. The summed E-state index contributed by atoms with van der Waals surface area (Å²) in [4.78, 5) is 10.7. The standard InChI is InChI=1S/C18H23NO2Si.Na/c1-22(2,17-7-4-3-5-8-17)14-6-13-19-16-11-9-15(10-12-16)18(20)21;/h3-5,7-12,19H,6,13-14H2,1-2H3,(H,20,21);/q;+1/p-1. The second-order valence-corrected chi connectivity index (χ2v) is 11.0. The Labute approximate surface area is 161 Å². The number of hydrogen-bond acceptors (Lipinski definition) is 3. The van der Waals surface area contributed by atoms with Crippen LogP contribution in [0.3, 0.4) is 0 Å². The third-order valence-corrected chi connectivity index (χ3v) is 7.48. The molecule has 0 saturated carbocycles. The molecule has 0 fully saturated rings. The SMILES string of the molecule is C[Si](C)(CCCNc1ccc(C(=O)[O-])cc1)c1ccccc1.[Na+]. The third kappa shape index (κ3) is 6.15. The van der Waals surface area contributed by atoms with Crippen molar-refractivity contribution in [2.75, 3.05) is 11.9 Å². The number of aromatic carboxylic acids is 1. The molecule has 0 aliphatic rings. The van der Waals surface area contributed by atoms with E-state index in [9.17, 15) is 9.90 Å². The molecule has 0 aliphatic heterocycles. The molecule has 3 nitrogen and oxygen atoms in total. The van der Waals surface area contributed by atoms with Crippen LogP contribution in [0.2, 0.25) is 19.1 Å². The van der Waals surface area contributed by atoms with Crippen LogP contribution in [0.5, 0.6) is 0 Å². The molecule has 0 unspecified atom stereocenters. The summed E-state index contributed by atoms with van der Waals surface area (Å²) < 4.78 is 0. The van der Waals surface area contributed by atoms with E-state index in [0.717, 1.165) is 18.7 Å². The number of carboxylic acid groups (broad SMARTS) is 1. The Morgan fingerprint density at radius 2 is 1.65 bits per heavy atom. The Morgan fingerprint density at radius 1 is 1.04 bits per heavy atom. The van der Waals surface area contributed by atoms with Crippen LogP contribution in [0, 0.1) is 0 Å².